The quantitative estimate of drug-likeness (QED) is 0.851. The summed E-state index contributed by atoms with van der Waals surface area (Å²) in [6, 6.07) is 1.71. The molecule has 0 aliphatic heterocycles. The van der Waals surface area contributed by atoms with Gasteiger partial charge in [-0.3, -0.25) is 14.6 Å². The molecule has 0 radical (unpaired) electrons. The van der Waals surface area contributed by atoms with Crippen LogP contribution in [0.2, 0.25) is 0 Å². The lowest BCUT2D eigenvalue weighted by atomic mass is 10.1. The molecule has 0 bridgehead atoms. The zero-order valence-corrected chi connectivity index (χ0v) is 13.1. The van der Waals surface area contributed by atoms with Crippen molar-refractivity contribution in [1.29, 1.82) is 0 Å². The lowest BCUT2D eigenvalue weighted by Crippen LogP contribution is -2.37. The van der Waals surface area contributed by atoms with Crippen molar-refractivity contribution in [2.75, 3.05) is 6.61 Å². The molecule has 114 valence electrons. The minimum atomic E-state index is -0.588. The van der Waals surface area contributed by atoms with E-state index in [4.69, 9.17) is 4.74 Å². The summed E-state index contributed by atoms with van der Waals surface area (Å²) in [6.45, 7) is 5.83. The second kappa shape index (κ2) is 6.26. The predicted octanol–water partition coefficient (Wildman–Crippen LogP) is 1.65. The van der Waals surface area contributed by atoms with Gasteiger partial charge in [-0.25, -0.2) is 9.36 Å². The summed E-state index contributed by atoms with van der Waals surface area (Å²) < 4.78 is 5.92. The molecule has 0 aromatic carbocycles. The Hall–Kier alpha value is -1.89. The molecule has 0 amide bonds. The van der Waals surface area contributed by atoms with Crippen LogP contribution in [-0.4, -0.2) is 22.1 Å². The van der Waals surface area contributed by atoms with E-state index < -0.39 is 17.2 Å². The van der Waals surface area contributed by atoms with Gasteiger partial charge in [0.15, 0.2) is 0 Å². The highest BCUT2D eigenvalue weighted by Crippen LogP contribution is 2.18. The van der Waals surface area contributed by atoms with Crippen LogP contribution in [0.25, 0.3) is 10.2 Å². The van der Waals surface area contributed by atoms with Crippen LogP contribution >= 0.6 is 11.3 Å². The Morgan fingerprint density at radius 1 is 1.43 bits per heavy atom. The van der Waals surface area contributed by atoms with E-state index in [0.29, 0.717) is 22.7 Å². The van der Waals surface area contributed by atoms with E-state index >= 15 is 0 Å². The first-order chi connectivity index (χ1) is 9.88. The van der Waals surface area contributed by atoms with Crippen LogP contribution in [0.3, 0.4) is 0 Å². The first kappa shape index (κ1) is 15.5. The minimum absolute atomic E-state index is 0.295. The number of carbonyl (C=O) groups excluding carboxylic acids is 1. The molecule has 6 nitrogen and oxygen atoms in total. The fourth-order valence-corrected chi connectivity index (χ4v) is 2.79. The van der Waals surface area contributed by atoms with Gasteiger partial charge >= 0.3 is 11.7 Å². The van der Waals surface area contributed by atoms with Crippen molar-refractivity contribution in [2.24, 2.45) is 5.92 Å². The largest absolute Gasteiger partial charge is 0.464 e. The number of nitrogens with one attached hydrogen (secondary N) is 1. The number of aryl methyl sites for hydroxylation is 1. The van der Waals surface area contributed by atoms with E-state index in [9.17, 15) is 14.4 Å². The highest BCUT2D eigenvalue weighted by atomic mass is 32.1. The highest BCUT2D eigenvalue weighted by Gasteiger charge is 2.13. The van der Waals surface area contributed by atoms with Crippen molar-refractivity contribution in [3.8, 4) is 0 Å². The van der Waals surface area contributed by atoms with Crippen molar-refractivity contribution in [3.63, 3.8) is 0 Å². The standard InChI is InChI=1S/C14H18N2O4S/c1-8(2)4-5-20-11(17)7-16-13(18)10-6-9(3)21-12(10)15-14(16)19/h6,8H,4-5,7H2,1-3H3,(H,15,19). The number of esters is 1. The summed E-state index contributed by atoms with van der Waals surface area (Å²) in [4.78, 5) is 39.9. The lowest BCUT2D eigenvalue weighted by Gasteiger charge is -2.07. The minimum Gasteiger partial charge on any atom is -0.464 e. The first-order valence-corrected chi connectivity index (χ1v) is 7.59. The fourth-order valence-electron chi connectivity index (χ4n) is 1.89. The Morgan fingerprint density at radius 2 is 2.14 bits per heavy atom. The molecule has 0 atom stereocenters. The number of rotatable bonds is 5. The number of H-pyrrole nitrogens is 1. The van der Waals surface area contributed by atoms with Crippen LogP contribution in [0.15, 0.2) is 15.7 Å². The zero-order valence-electron chi connectivity index (χ0n) is 12.3. The monoisotopic (exact) mass is 310 g/mol. The third kappa shape index (κ3) is 3.60. The Labute approximate surface area is 125 Å². The molecule has 0 unspecified atom stereocenters. The SMILES string of the molecule is Cc1cc2c(=O)n(CC(=O)OCCC(C)C)c(=O)[nH]c2s1. The van der Waals surface area contributed by atoms with Gasteiger partial charge in [-0.05, 0) is 25.3 Å². The molecule has 2 heterocycles. The number of carbonyl (C=O) groups is 1. The number of aromatic amines is 1. The van der Waals surface area contributed by atoms with Gasteiger partial charge in [0.25, 0.3) is 5.56 Å². The molecule has 0 aliphatic carbocycles. The van der Waals surface area contributed by atoms with Gasteiger partial charge < -0.3 is 4.74 Å². The van der Waals surface area contributed by atoms with Gasteiger partial charge in [-0.15, -0.1) is 11.3 Å². The second-order valence-corrected chi connectivity index (χ2v) is 6.58. The molecule has 2 rings (SSSR count). The number of thiophene rings is 1. The van der Waals surface area contributed by atoms with Gasteiger partial charge in [-0.1, -0.05) is 13.8 Å². The molecular formula is C14H18N2O4S. The topological polar surface area (TPSA) is 81.2 Å². The van der Waals surface area contributed by atoms with Gasteiger partial charge in [-0.2, -0.15) is 0 Å². The molecule has 7 heteroatoms. The van der Waals surface area contributed by atoms with Crippen molar-refractivity contribution >= 4 is 27.5 Å². The van der Waals surface area contributed by atoms with Crippen LogP contribution in [0.1, 0.15) is 25.1 Å². The first-order valence-electron chi connectivity index (χ1n) is 6.77. The predicted molar refractivity (Wildman–Crippen MR) is 81.9 cm³/mol. The molecule has 0 aliphatic rings. The van der Waals surface area contributed by atoms with Crippen LogP contribution < -0.4 is 11.2 Å². The maximum atomic E-state index is 12.2. The van der Waals surface area contributed by atoms with E-state index in [0.717, 1.165) is 15.9 Å². The number of ether oxygens (including phenoxy) is 1. The van der Waals surface area contributed by atoms with Crippen LogP contribution in [0, 0.1) is 12.8 Å². The maximum Gasteiger partial charge on any atom is 0.329 e. The van der Waals surface area contributed by atoms with Crippen molar-refractivity contribution in [3.05, 3.63) is 31.8 Å². The van der Waals surface area contributed by atoms with E-state index in [2.05, 4.69) is 4.98 Å². The summed E-state index contributed by atoms with van der Waals surface area (Å²) in [7, 11) is 0. The molecule has 1 N–H and O–H groups in total. The van der Waals surface area contributed by atoms with Crippen molar-refractivity contribution in [1.82, 2.24) is 9.55 Å². The summed E-state index contributed by atoms with van der Waals surface area (Å²) >= 11 is 1.34. The molecular weight excluding hydrogens is 292 g/mol. The van der Waals surface area contributed by atoms with Crippen LogP contribution in [0.5, 0.6) is 0 Å². The van der Waals surface area contributed by atoms with E-state index in [-0.39, 0.29) is 6.54 Å². The Bertz CT molecular complexity index is 769. The third-order valence-corrected chi connectivity index (χ3v) is 4.01. The normalized spacial score (nSPS) is 11.2. The van der Waals surface area contributed by atoms with Gasteiger partial charge in [0.1, 0.15) is 11.4 Å². The average Bonchev–Trinajstić information content (AvgIpc) is 2.75. The smallest absolute Gasteiger partial charge is 0.329 e. The Balaban J connectivity index is 2.20. The molecule has 0 saturated heterocycles. The molecule has 0 saturated carbocycles. The lowest BCUT2D eigenvalue weighted by molar-refractivity contribution is -0.144. The molecule has 2 aromatic heterocycles. The van der Waals surface area contributed by atoms with E-state index in [1.54, 1.807) is 6.07 Å². The molecule has 0 spiro atoms. The second-order valence-electron chi connectivity index (χ2n) is 5.32. The Morgan fingerprint density at radius 3 is 2.81 bits per heavy atom. The summed E-state index contributed by atoms with van der Waals surface area (Å²) in [5.41, 5.74) is -1.05. The van der Waals surface area contributed by atoms with Gasteiger partial charge in [0.2, 0.25) is 0 Å². The highest BCUT2D eigenvalue weighted by molar-refractivity contribution is 7.18. The maximum absolute atomic E-state index is 12.2. The van der Waals surface area contributed by atoms with Crippen molar-refractivity contribution in [2.45, 2.75) is 33.7 Å². The van der Waals surface area contributed by atoms with E-state index in [1.807, 2.05) is 20.8 Å². The number of fused-ring (bicyclic) bond motifs is 1. The van der Waals surface area contributed by atoms with Crippen LogP contribution in [-0.2, 0) is 16.1 Å². The molecule has 21 heavy (non-hydrogen) atoms. The average molecular weight is 310 g/mol. The fraction of sp³-hybridized carbons (Fsp3) is 0.500. The number of aromatic nitrogens is 2. The Kier molecular flexibility index (Phi) is 4.62. The zero-order chi connectivity index (χ0) is 15.6. The number of hydrogen-bond donors (Lipinski definition) is 1. The van der Waals surface area contributed by atoms with Crippen LogP contribution in [0.4, 0.5) is 0 Å². The van der Waals surface area contributed by atoms with Gasteiger partial charge in [0, 0.05) is 4.88 Å². The van der Waals surface area contributed by atoms with Crippen molar-refractivity contribution < 1.29 is 9.53 Å². The van der Waals surface area contributed by atoms with Gasteiger partial charge in [0.05, 0.1) is 12.0 Å². The molecule has 2 aromatic rings. The third-order valence-electron chi connectivity index (χ3n) is 3.04. The number of nitrogens with zero attached hydrogens (tertiary/aromatic N) is 1. The number of hydrogen-bond acceptors (Lipinski definition) is 5. The van der Waals surface area contributed by atoms with E-state index in [1.165, 1.54) is 11.3 Å². The summed E-state index contributed by atoms with van der Waals surface area (Å²) in [5.74, 6) is -0.149. The molecule has 0 fully saturated rings. The summed E-state index contributed by atoms with van der Waals surface area (Å²) in [5, 5.41) is 0.423. The summed E-state index contributed by atoms with van der Waals surface area (Å²) in [6.07, 6.45) is 0.750.